The van der Waals surface area contributed by atoms with Gasteiger partial charge in [-0.2, -0.15) is 0 Å². The zero-order valence-corrected chi connectivity index (χ0v) is 13.4. The summed E-state index contributed by atoms with van der Waals surface area (Å²) in [7, 11) is 0. The molecular formula is C16H33N3O. The summed E-state index contributed by atoms with van der Waals surface area (Å²) >= 11 is 0. The van der Waals surface area contributed by atoms with Crippen LogP contribution in [0.3, 0.4) is 0 Å². The molecule has 0 spiro atoms. The monoisotopic (exact) mass is 283 g/mol. The zero-order valence-electron chi connectivity index (χ0n) is 13.4. The molecule has 1 aliphatic heterocycles. The Hall–Kier alpha value is -0.610. The quantitative estimate of drug-likeness (QED) is 0.646. The molecule has 0 saturated carbocycles. The predicted octanol–water partition coefficient (Wildman–Crippen LogP) is 2.13. The van der Waals surface area contributed by atoms with E-state index >= 15 is 0 Å². The number of nitrogens with two attached hydrogens (primary N) is 1. The first kappa shape index (κ1) is 17.4. The lowest BCUT2D eigenvalue weighted by atomic mass is 9.94. The summed E-state index contributed by atoms with van der Waals surface area (Å²) in [5.74, 6) is 0.820. The summed E-state index contributed by atoms with van der Waals surface area (Å²) in [5.41, 5.74) is 5.63. The molecule has 2 unspecified atom stereocenters. The first-order chi connectivity index (χ1) is 9.67. The third kappa shape index (κ3) is 6.71. The molecule has 3 N–H and O–H groups in total. The molecule has 1 fully saturated rings. The molecule has 4 heteroatoms. The highest BCUT2D eigenvalue weighted by Gasteiger charge is 2.18. The largest absolute Gasteiger partial charge is 0.355 e. The summed E-state index contributed by atoms with van der Waals surface area (Å²) in [5, 5.41) is 3.09. The van der Waals surface area contributed by atoms with Gasteiger partial charge in [0.15, 0.2) is 0 Å². The van der Waals surface area contributed by atoms with Gasteiger partial charge in [-0.25, -0.2) is 0 Å². The Balaban J connectivity index is 2.15. The fraction of sp³-hybridized carbons (Fsp3) is 0.938. The van der Waals surface area contributed by atoms with Crippen LogP contribution in [0.1, 0.15) is 58.8 Å². The van der Waals surface area contributed by atoms with Gasteiger partial charge in [0.25, 0.3) is 0 Å². The second-order valence-corrected chi connectivity index (χ2v) is 6.17. The molecule has 118 valence electrons. The van der Waals surface area contributed by atoms with Crippen LogP contribution in [0.4, 0.5) is 0 Å². The Morgan fingerprint density at radius 1 is 1.25 bits per heavy atom. The van der Waals surface area contributed by atoms with E-state index in [1.807, 2.05) is 0 Å². The molecule has 0 aromatic carbocycles. The van der Waals surface area contributed by atoms with Crippen molar-refractivity contribution in [2.24, 2.45) is 11.7 Å². The number of nitrogens with one attached hydrogen (secondary N) is 1. The number of rotatable bonds is 10. The topological polar surface area (TPSA) is 58.4 Å². The van der Waals surface area contributed by atoms with Gasteiger partial charge in [-0.1, -0.05) is 19.8 Å². The Labute approximate surface area is 124 Å². The van der Waals surface area contributed by atoms with Gasteiger partial charge in [0.1, 0.15) is 0 Å². The Kier molecular flexibility index (Phi) is 8.86. The van der Waals surface area contributed by atoms with Crippen molar-refractivity contribution < 1.29 is 4.79 Å². The minimum absolute atomic E-state index is 0.203. The third-order valence-corrected chi connectivity index (χ3v) is 4.41. The van der Waals surface area contributed by atoms with Crippen LogP contribution in [-0.2, 0) is 4.79 Å². The van der Waals surface area contributed by atoms with E-state index in [-0.39, 0.29) is 5.91 Å². The fourth-order valence-electron chi connectivity index (χ4n) is 3.07. The third-order valence-electron chi connectivity index (χ3n) is 4.41. The van der Waals surface area contributed by atoms with E-state index in [9.17, 15) is 4.79 Å². The number of carbonyl (C=O) groups excluding carboxylic acids is 1. The second-order valence-electron chi connectivity index (χ2n) is 6.17. The highest BCUT2D eigenvalue weighted by Crippen LogP contribution is 2.17. The maximum absolute atomic E-state index is 11.9. The SMILES string of the molecule is CCCC(CCN)CCC(=O)NCC(C)N1CCCC1. The molecule has 1 amide bonds. The van der Waals surface area contributed by atoms with Crippen molar-refractivity contribution in [1.29, 1.82) is 0 Å². The van der Waals surface area contributed by atoms with Gasteiger partial charge in [0.05, 0.1) is 0 Å². The minimum atomic E-state index is 0.203. The number of likely N-dealkylation sites (tertiary alicyclic amines) is 1. The number of amides is 1. The van der Waals surface area contributed by atoms with Gasteiger partial charge in [0.2, 0.25) is 5.91 Å². The fourth-order valence-corrected chi connectivity index (χ4v) is 3.07. The van der Waals surface area contributed by atoms with Crippen molar-refractivity contribution >= 4 is 5.91 Å². The zero-order chi connectivity index (χ0) is 14.8. The van der Waals surface area contributed by atoms with Crippen LogP contribution in [0.25, 0.3) is 0 Å². The summed E-state index contributed by atoms with van der Waals surface area (Å²) in [4.78, 5) is 14.4. The molecule has 0 radical (unpaired) electrons. The van der Waals surface area contributed by atoms with E-state index in [0.29, 0.717) is 18.4 Å². The molecule has 0 bridgehead atoms. The van der Waals surface area contributed by atoms with Gasteiger partial charge in [0, 0.05) is 19.0 Å². The molecular weight excluding hydrogens is 250 g/mol. The molecule has 1 saturated heterocycles. The first-order valence-corrected chi connectivity index (χ1v) is 8.38. The van der Waals surface area contributed by atoms with Gasteiger partial charge < -0.3 is 11.1 Å². The van der Waals surface area contributed by atoms with Gasteiger partial charge in [-0.3, -0.25) is 9.69 Å². The molecule has 20 heavy (non-hydrogen) atoms. The molecule has 0 aromatic heterocycles. The number of nitrogens with zero attached hydrogens (tertiary/aromatic N) is 1. The van der Waals surface area contributed by atoms with E-state index in [4.69, 9.17) is 5.73 Å². The lowest BCUT2D eigenvalue weighted by Crippen LogP contribution is -2.40. The van der Waals surface area contributed by atoms with Crippen LogP contribution >= 0.6 is 0 Å². The Bertz CT molecular complexity index is 250. The van der Waals surface area contributed by atoms with Crippen LogP contribution in [-0.4, -0.2) is 43.0 Å². The Morgan fingerprint density at radius 3 is 2.55 bits per heavy atom. The lowest BCUT2D eigenvalue weighted by molar-refractivity contribution is -0.121. The number of hydrogen-bond donors (Lipinski definition) is 2. The summed E-state index contributed by atoms with van der Waals surface area (Å²) in [6, 6.07) is 0.469. The van der Waals surface area contributed by atoms with Gasteiger partial charge >= 0.3 is 0 Å². The Morgan fingerprint density at radius 2 is 1.95 bits per heavy atom. The molecule has 2 atom stereocenters. The van der Waals surface area contributed by atoms with E-state index in [1.54, 1.807) is 0 Å². The maximum Gasteiger partial charge on any atom is 0.220 e. The maximum atomic E-state index is 11.9. The smallest absolute Gasteiger partial charge is 0.220 e. The van der Waals surface area contributed by atoms with Crippen molar-refractivity contribution in [1.82, 2.24) is 10.2 Å². The van der Waals surface area contributed by atoms with Crippen LogP contribution in [0.5, 0.6) is 0 Å². The van der Waals surface area contributed by atoms with E-state index in [1.165, 1.54) is 38.8 Å². The van der Waals surface area contributed by atoms with Gasteiger partial charge in [-0.05, 0) is 58.2 Å². The van der Waals surface area contributed by atoms with Crippen LogP contribution < -0.4 is 11.1 Å². The minimum Gasteiger partial charge on any atom is -0.355 e. The van der Waals surface area contributed by atoms with E-state index in [0.717, 1.165) is 25.9 Å². The van der Waals surface area contributed by atoms with Crippen molar-refractivity contribution in [2.45, 2.75) is 64.8 Å². The normalized spacial score (nSPS) is 18.9. The van der Waals surface area contributed by atoms with E-state index < -0.39 is 0 Å². The van der Waals surface area contributed by atoms with Crippen molar-refractivity contribution in [2.75, 3.05) is 26.2 Å². The van der Waals surface area contributed by atoms with Crippen LogP contribution in [0, 0.1) is 5.92 Å². The highest BCUT2D eigenvalue weighted by molar-refractivity contribution is 5.75. The first-order valence-electron chi connectivity index (χ1n) is 8.38. The van der Waals surface area contributed by atoms with Gasteiger partial charge in [-0.15, -0.1) is 0 Å². The predicted molar refractivity (Wildman–Crippen MR) is 84.6 cm³/mol. The summed E-state index contributed by atoms with van der Waals surface area (Å²) < 4.78 is 0. The summed E-state index contributed by atoms with van der Waals surface area (Å²) in [6.07, 6.45) is 7.65. The van der Waals surface area contributed by atoms with E-state index in [2.05, 4.69) is 24.1 Å². The van der Waals surface area contributed by atoms with Crippen LogP contribution in [0.15, 0.2) is 0 Å². The standard InChI is InChI=1S/C16H33N3O/c1-3-6-15(9-10-17)7-8-16(20)18-13-14(2)19-11-4-5-12-19/h14-15H,3-13,17H2,1-2H3,(H,18,20). The number of hydrogen-bond acceptors (Lipinski definition) is 3. The van der Waals surface area contributed by atoms with Crippen molar-refractivity contribution in [3.05, 3.63) is 0 Å². The highest BCUT2D eigenvalue weighted by atomic mass is 16.1. The lowest BCUT2D eigenvalue weighted by Gasteiger charge is -2.24. The number of carbonyl (C=O) groups is 1. The average Bonchev–Trinajstić information content (AvgIpc) is 2.97. The van der Waals surface area contributed by atoms with Crippen molar-refractivity contribution in [3.63, 3.8) is 0 Å². The average molecular weight is 283 g/mol. The van der Waals surface area contributed by atoms with Crippen LogP contribution in [0.2, 0.25) is 0 Å². The second kappa shape index (κ2) is 10.2. The molecule has 1 heterocycles. The molecule has 1 rings (SSSR count). The molecule has 0 aromatic rings. The van der Waals surface area contributed by atoms with Crippen molar-refractivity contribution in [3.8, 4) is 0 Å². The molecule has 1 aliphatic rings. The molecule has 4 nitrogen and oxygen atoms in total. The summed E-state index contributed by atoms with van der Waals surface area (Å²) in [6.45, 7) is 8.30. The molecule has 0 aliphatic carbocycles.